The van der Waals surface area contributed by atoms with Gasteiger partial charge in [0.25, 0.3) is 0 Å². The molecule has 2 aliphatic rings. The number of rotatable bonds is 1. The zero-order chi connectivity index (χ0) is 11.8. The quantitative estimate of drug-likeness (QED) is 0.803. The molecule has 1 aliphatic heterocycles. The molecule has 0 radical (unpaired) electrons. The molecule has 1 aromatic rings. The SMILES string of the molecule is O=C(O)[C@H]1CN=C2CCc3ccccc3C2C1. The average molecular weight is 229 g/mol. The van der Waals surface area contributed by atoms with Gasteiger partial charge < -0.3 is 5.11 Å². The van der Waals surface area contributed by atoms with Crippen LogP contribution in [-0.2, 0) is 11.2 Å². The zero-order valence-electron chi connectivity index (χ0n) is 9.60. The van der Waals surface area contributed by atoms with E-state index < -0.39 is 5.97 Å². The second-order valence-corrected chi connectivity index (χ2v) is 4.85. The minimum absolute atomic E-state index is 0.245. The van der Waals surface area contributed by atoms with Crippen LogP contribution in [-0.4, -0.2) is 23.3 Å². The molecule has 0 saturated heterocycles. The molecule has 0 spiro atoms. The van der Waals surface area contributed by atoms with Crippen LogP contribution in [0.15, 0.2) is 29.3 Å². The lowest BCUT2D eigenvalue weighted by Crippen LogP contribution is -2.32. The molecule has 1 aromatic carbocycles. The summed E-state index contributed by atoms with van der Waals surface area (Å²) in [6.45, 7) is 0.462. The van der Waals surface area contributed by atoms with Gasteiger partial charge in [0.15, 0.2) is 0 Å². The van der Waals surface area contributed by atoms with E-state index in [-0.39, 0.29) is 11.8 Å². The Bertz CT molecular complexity index is 493. The highest BCUT2D eigenvalue weighted by atomic mass is 16.4. The Labute approximate surface area is 100 Å². The van der Waals surface area contributed by atoms with Crippen LogP contribution in [0.1, 0.15) is 29.9 Å². The van der Waals surface area contributed by atoms with Gasteiger partial charge in [-0.1, -0.05) is 24.3 Å². The molecular formula is C14H15NO2. The lowest BCUT2D eigenvalue weighted by molar-refractivity contribution is -0.141. The predicted molar refractivity (Wildman–Crippen MR) is 65.5 cm³/mol. The molecule has 3 rings (SSSR count). The number of aliphatic imine (C=N–C) groups is 1. The van der Waals surface area contributed by atoms with E-state index in [0.29, 0.717) is 13.0 Å². The first-order valence-corrected chi connectivity index (χ1v) is 6.09. The Kier molecular flexibility index (Phi) is 2.46. The summed E-state index contributed by atoms with van der Waals surface area (Å²) in [6, 6.07) is 8.36. The third-order valence-electron chi connectivity index (χ3n) is 3.87. The van der Waals surface area contributed by atoms with Crippen LogP contribution >= 0.6 is 0 Å². The van der Waals surface area contributed by atoms with E-state index >= 15 is 0 Å². The van der Waals surface area contributed by atoms with Crippen LogP contribution < -0.4 is 0 Å². The Hall–Kier alpha value is -1.64. The van der Waals surface area contributed by atoms with Crippen molar-refractivity contribution in [3.8, 4) is 0 Å². The topological polar surface area (TPSA) is 49.7 Å². The molecular weight excluding hydrogens is 214 g/mol. The fourth-order valence-corrected chi connectivity index (χ4v) is 2.94. The first-order valence-electron chi connectivity index (χ1n) is 6.09. The van der Waals surface area contributed by atoms with Gasteiger partial charge in [0.1, 0.15) is 0 Å². The monoisotopic (exact) mass is 229 g/mol. The number of aryl methyl sites for hydroxylation is 1. The fourth-order valence-electron chi connectivity index (χ4n) is 2.94. The van der Waals surface area contributed by atoms with Gasteiger partial charge in [0.2, 0.25) is 0 Å². The Morgan fingerprint density at radius 1 is 1.29 bits per heavy atom. The van der Waals surface area contributed by atoms with E-state index in [4.69, 9.17) is 5.11 Å². The second-order valence-electron chi connectivity index (χ2n) is 4.85. The minimum Gasteiger partial charge on any atom is -0.481 e. The summed E-state index contributed by atoms with van der Waals surface area (Å²) < 4.78 is 0. The summed E-state index contributed by atoms with van der Waals surface area (Å²) in [5.41, 5.74) is 3.87. The number of hydrogen-bond donors (Lipinski definition) is 1. The number of fused-ring (bicyclic) bond motifs is 3. The van der Waals surface area contributed by atoms with Gasteiger partial charge in [0, 0.05) is 11.6 Å². The Morgan fingerprint density at radius 3 is 2.94 bits per heavy atom. The molecule has 0 aromatic heterocycles. The highest BCUT2D eigenvalue weighted by Crippen LogP contribution is 2.37. The molecule has 3 nitrogen and oxygen atoms in total. The molecule has 0 bridgehead atoms. The molecule has 1 N–H and O–H groups in total. The van der Waals surface area contributed by atoms with Crippen LogP contribution in [0, 0.1) is 5.92 Å². The number of carbonyl (C=O) groups is 1. The van der Waals surface area contributed by atoms with E-state index in [1.807, 2.05) is 6.07 Å². The minimum atomic E-state index is -0.712. The largest absolute Gasteiger partial charge is 0.481 e. The van der Waals surface area contributed by atoms with Gasteiger partial charge in [-0.3, -0.25) is 9.79 Å². The molecule has 3 heteroatoms. The highest BCUT2D eigenvalue weighted by Gasteiger charge is 2.33. The zero-order valence-corrected chi connectivity index (χ0v) is 9.60. The standard InChI is InChI=1S/C14H15NO2/c16-14(17)10-7-12-11-4-2-1-3-9(11)5-6-13(12)15-8-10/h1-4,10,12H,5-8H2,(H,16,17)/t10-,12?/m1/s1. The molecule has 0 saturated carbocycles. The van der Waals surface area contributed by atoms with Crippen molar-refractivity contribution in [2.45, 2.75) is 25.2 Å². The van der Waals surface area contributed by atoms with Crippen LogP contribution in [0.25, 0.3) is 0 Å². The van der Waals surface area contributed by atoms with Crippen molar-refractivity contribution in [1.29, 1.82) is 0 Å². The van der Waals surface area contributed by atoms with E-state index in [1.165, 1.54) is 16.8 Å². The van der Waals surface area contributed by atoms with Crippen LogP contribution in [0.3, 0.4) is 0 Å². The normalized spacial score (nSPS) is 26.7. The lowest BCUT2D eigenvalue weighted by atomic mass is 9.75. The van der Waals surface area contributed by atoms with E-state index in [1.54, 1.807) is 0 Å². The van der Waals surface area contributed by atoms with Crippen molar-refractivity contribution < 1.29 is 9.90 Å². The van der Waals surface area contributed by atoms with Crippen LogP contribution in [0.4, 0.5) is 0 Å². The third kappa shape index (κ3) is 1.75. The summed E-state index contributed by atoms with van der Waals surface area (Å²) >= 11 is 0. The van der Waals surface area contributed by atoms with Gasteiger partial charge in [0.05, 0.1) is 12.5 Å². The Balaban J connectivity index is 1.98. The summed E-state index contributed by atoms with van der Waals surface area (Å²) in [7, 11) is 0. The van der Waals surface area contributed by atoms with Crippen molar-refractivity contribution in [1.82, 2.24) is 0 Å². The first-order chi connectivity index (χ1) is 8.25. The molecule has 1 unspecified atom stereocenters. The molecule has 88 valence electrons. The summed E-state index contributed by atoms with van der Waals surface area (Å²) in [4.78, 5) is 15.6. The molecule has 1 aliphatic carbocycles. The lowest BCUT2D eigenvalue weighted by Gasteiger charge is -2.32. The summed E-state index contributed by atoms with van der Waals surface area (Å²) in [6.07, 6.45) is 2.75. The third-order valence-corrected chi connectivity index (χ3v) is 3.87. The first kappa shape index (κ1) is 10.5. The van der Waals surface area contributed by atoms with Crippen molar-refractivity contribution in [2.75, 3.05) is 6.54 Å². The number of benzene rings is 1. The van der Waals surface area contributed by atoms with Crippen molar-refractivity contribution in [3.63, 3.8) is 0 Å². The van der Waals surface area contributed by atoms with Crippen molar-refractivity contribution in [2.24, 2.45) is 10.9 Å². The number of carboxylic acids is 1. The molecule has 2 atom stereocenters. The van der Waals surface area contributed by atoms with Crippen molar-refractivity contribution >= 4 is 11.7 Å². The summed E-state index contributed by atoms with van der Waals surface area (Å²) in [5.74, 6) is -0.777. The van der Waals surface area contributed by atoms with Gasteiger partial charge >= 0.3 is 5.97 Å². The number of hydrogen-bond acceptors (Lipinski definition) is 2. The number of nitrogens with zero attached hydrogens (tertiary/aromatic N) is 1. The number of carboxylic acid groups (broad SMARTS) is 1. The molecule has 1 heterocycles. The van der Waals surface area contributed by atoms with Crippen molar-refractivity contribution in [3.05, 3.63) is 35.4 Å². The maximum atomic E-state index is 11.1. The van der Waals surface area contributed by atoms with E-state index in [9.17, 15) is 4.79 Å². The predicted octanol–water partition coefficient (Wildman–Crippen LogP) is 2.26. The second kappa shape index (κ2) is 3.99. The molecule has 17 heavy (non-hydrogen) atoms. The molecule has 0 amide bonds. The molecule has 0 fully saturated rings. The van der Waals surface area contributed by atoms with E-state index in [0.717, 1.165) is 12.8 Å². The van der Waals surface area contributed by atoms with Gasteiger partial charge in [-0.05, 0) is 30.4 Å². The average Bonchev–Trinajstić information content (AvgIpc) is 2.38. The smallest absolute Gasteiger partial charge is 0.308 e. The van der Waals surface area contributed by atoms with Crippen LogP contribution in [0.5, 0.6) is 0 Å². The number of aliphatic carboxylic acids is 1. The van der Waals surface area contributed by atoms with Crippen LogP contribution in [0.2, 0.25) is 0 Å². The van der Waals surface area contributed by atoms with Gasteiger partial charge in [-0.25, -0.2) is 0 Å². The Morgan fingerprint density at radius 2 is 2.12 bits per heavy atom. The maximum Gasteiger partial charge on any atom is 0.308 e. The van der Waals surface area contributed by atoms with E-state index in [2.05, 4.69) is 23.2 Å². The van der Waals surface area contributed by atoms with Gasteiger partial charge in [-0.15, -0.1) is 0 Å². The summed E-state index contributed by atoms with van der Waals surface area (Å²) in [5, 5.41) is 9.11. The fraction of sp³-hybridized carbons (Fsp3) is 0.429. The van der Waals surface area contributed by atoms with Gasteiger partial charge in [-0.2, -0.15) is 0 Å². The maximum absolute atomic E-state index is 11.1. The highest BCUT2D eigenvalue weighted by molar-refractivity contribution is 5.94.